The van der Waals surface area contributed by atoms with E-state index in [1.54, 1.807) is 6.07 Å². The van der Waals surface area contributed by atoms with E-state index in [4.69, 9.17) is 4.42 Å². The Morgan fingerprint density at radius 3 is 2.71 bits per heavy atom. The summed E-state index contributed by atoms with van der Waals surface area (Å²) in [5.74, 6) is 0.262. The van der Waals surface area contributed by atoms with E-state index in [0.717, 1.165) is 10.9 Å². The molecular weight excluding hydrogens is 180 g/mol. The third kappa shape index (κ3) is 1.09. The molecule has 0 aliphatic rings. The summed E-state index contributed by atoms with van der Waals surface area (Å²) in [5.41, 5.74) is 1.17. The zero-order valence-corrected chi connectivity index (χ0v) is 8.00. The molecule has 0 unspecified atom stereocenters. The lowest BCUT2D eigenvalue weighted by molar-refractivity contribution is 0.0988. The molecule has 0 aliphatic heterocycles. The predicted molar refractivity (Wildman–Crippen MR) is 52.6 cm³/mol. The lowest BCUT2D eigenvalue weighted by atomic mass is 10.1. The average Bonchev–Trinajstić information content (AvgIpc) is 2.46. The first-order valence-electron chi connectivity index (χ1n) is 4.33. The maximum Gasteiger partial charge on any atom is 0.195 e. The van der Waals surface area contributed by atoms with Gasteiger partial charge in [-0.1, -0.05) is 12.1 Å². The van der Waals surface area contributed by atoms with E-state index in [1.807, 2.05) is 13.0 Å². The van der Waals surface area contributed by atoms with Gasteiger partial charge in [-0.15, -0.1) is 0 Å². The lowest BCUT2D eigenvalue weighted by Crippen LogP contribution is -1.90. The minimum atomic E-state index is -0.127. The van der Waals surface area contributed by atoms with Crippen LogP contribution in [0.25, 0.3) is 11.0 Å². The summed E-state index contributed by atoms with van der Waals surface area (Å²) >= 11 is 0. The van der Waals surface area contributed by atoms with Crippen LogP contribution in [0.2, 0.25) is 0 Å². The van der Waals surface area contributed by atoms with Crippen molar-refractivity contribution < 1.29 is 14.3 Å². The molecule has 0 atom stereocenters. The largest absolute Gasteiger partial charge is 0.504 e. The van der Waals surface area contributed by atoms with Gasteiger partial charge in [0.05, 0.1) is 0 Å². The summed E-state index contributed by atoms with van der Waals surface area (Å²) < 4.78 is 5.29. The molecule has 1 aromatic carbocycles. The zero-order chi connectivity index (χ0) is 10.3. The first-order valence-corrected chi connectivity index (χ1v) is 4.33. The normalized spacial score (nSPS) is 10.7. The van der Waals surface area contributed by atoms with Crippen molar-refractivity contribution in [2.45, 2.75) is 13.8 Å². The van der Waals surface area contributed by atoms with E-state index in [0.29, 0.717) is 11.3 Å². The van der Waals surface area contributed by atoms with Gasteiger partial charge < -0.3 is 9.52 Å². The molecule has 3 nitrogen and oxygen atoms in total. The first-order chi connectivity index (χ1) is 6.61. The first kappa shape index (κ1) is 8.81. The molecule has 0 amide bonds. The third-order valence-electron chi connectivity index (χ3n) is 2.26. The standard InChI is InChI=1S/C11H10O3/c1-6-8-4-3-5-9(13)11(8)14-10(6)7(2)12/h3-5,13H,1-2H3. The number of aryl methyl sites for hydroxylation is 1. The number of carbonyl (C=O) groups excluding carboxylic acids is 1. The second-order valence-electron chi connectivity index (χ2n) is 3.27. The Labute approximate surface area is 81.0 Å². The Morgan fingerprint density at radius 2 is 2.14 bits per heavy atom. The Balaban J connectivity index is 2.86. The van der Waals surface area contributed by atoms with E-state index >= 15 is 0 Å². The fourth-order valence-corrected chi connectivity index (χ4v) is 1.56. The highest BCUT2D eigenvalue weighted by Crippen LogP contribution is 2.31. The van der Waals surface area contributed by atoms with Crippen molar-refractivity contribution in [2.24, 2.45) is 0 Å². The maximum absolute atomic E-state index is 11.2. The quantitative estimate of drug-likeness (QED) is 0.703. The van der Waals surface area contributed by atoms with Gasteiger partial charge in [-0.2, -0.15) is 0 Å². The Morgan fingerprint density at radius 1 is 1.43 bits per heavy atom. The lowest BCUT2D eigenvalue weighted by Gasteiger charge is -1.91. The van der Waals surface area contributed by atoms with Crippen LogP contribution in [0.4, 0.5) is 0 Å². The molecule has 72 valence electrons. The minimum absolute atomic E-state index is 0.0677. The van der Waals surface area contributed by atoms with Crippen LogP contribution in [0.15, 0.2) is 22.6 Å². The molecule has 0 saturated carbocycles. The van der Waals surface area contributed by atoms with E-state index < -0.39 is 0 Å². The SMILES string of the molecule is CC(=O)c1oc2c(O)cccc2c1C. The number of phenolic OH excluding ortho intramolecular Hbond substituents is 1. The van der Waals surface area contributed by atoms with Gasteiger partial charge >= 0.3 is 0 Å². The monoisotopic (exact) mass is 190 g/mol. The number of aromatic hydroxyl groups is 1. The third-order valence-corrected chi connectivity index (χ3v) is 2.26. The number of fused-ring (bicyclic) bond motifs is 1. The van der Waals surface area contributed by atoms with Crippen molar-refractivity contribution in [3.8, 4) is 5.75 Å². The minimum Gasteiger partial charge on any atom is -0.504 e. The Hall–Kier alpha value is -1.77. The molecule has 0 bridgehead atoms. The van der Waals surface area contributed by atoms with E-state index in [1.165, 1.54) is 13.0 Å². The van der Waals surface area contributed by atoms with Gasteiger partial charge in [-0.25, -0.2) is 0 Å². The van der Waals surface area contributed by atoms with Crippen LogP contribution in [0.1, 0.15) is 23.0 Å². The summed E-state index contributed by atoms with van der Waals surface area (Å²) in [6, 6.07) is 5.08. The van der Waals surface area contributed by atoms with Crippen LogP contribution < -0.4 is 0 Å². The molecule has 0 saturated heterocycles. The van der Waals surface area contributed by atoms with E-state index in [9.17, 15) is 9.90 Å². The van der Waals surface area contributed by atoms with Gasteiger partial charge in [0.1, 0.15) is 0 Å². The molecule has 0 fully saturated rings. The van der Waals surface area contributed by atoms with Crippen molar-refractivity contribution in [1.29, 1.82) is 0 Å². The molecule has 2 rings (SSSR count). The predicted octanol–water partition coefficient (Wildman–Crippen LogP) is 2.65. The molecular formula is C11H10O3. The number of ketones is 1. The zero-order valence-electron chi connectivity index (χ0n) is 8.00. The van der Waals surface area contributed by atoms with Crippen molar-refractivity contribution in [2.75, 3.05) is 0 Å². The average molecular weight is 190 g/mol. The van der Waals surface area contributed by atoms with Crippen LogP contribution in [0.5, 0.6) is 5.75 Å². The summed E-state index contributed by atoms with van der Waals surface area (Å²) in [5, 5.41) is 10.3. The molecule has 0 spiro atoms. The maximum atomic E-state index is 11.2. The molecule has 0 radical (unpaired) electrons. The molecule has 1 aromatic heterocycles. The highest BCUT2D eigenvalue weighted by molar-refractivity contribution is 5.99. The van der Waals surface area contributed by atoms with E-state index in [2.05, 4.69) is 0 Å². The van der Waals surface area contributed by atoms with Crippen molar-refractivity contribution >= 4 is 16.8 Å². The van der Waals surface area contributed by atoms with Crippen molar-refractivity contribution in [1.82, 2.24) is 0 Å². The summed E-state index contributed by atoms with van der Waals surface area (Å²) in [7, 11) is 0. The molecule has 1 N–H and O–H groups in total. The van der Waals surface area contributed by atoms with Gasteiger partial charge in [0.2, 0.25) is 0 Å². The Bertz CT molecular complexity index is 508. The number of Topliss-reactive ketones (excluding diaryl/α,β-unsaturated/α-hetero) is 1. The van der Waals surface area contributed by atoms with Crippen LogP contribution in [-0.4, -0.2) is 10.9 Å². The van der Waals surface area contributed by atoms with E-state index in [-0.39, 0.29) is 11.5 Å². The highest BCUT2D eigenvalue weighted by atomic mass is 16.4. The summed E-state index contributed by atoms with van der Waals surface area (Å²) in [6.07, 6.45) is 0. The number of rotatable bonds is 1. The van der Waals surface area contributed by atoms with Crippen LogP contribution in [0.3, 0.4) is 0 Å². The summed E-state index contributed by atoms with van der Waals surface area (Å²) in [6.45, 7) is 3.25. The van der Waals surface area contributed by atoms with Gasteiger partial charge in [0.15, 0.2) is 22.9 Å². The van der Waals surface area contributed by atoms with Gasteiger partial charge in [-0.3, -0.25) is 4.79 Å². The number of hydrogen-bond acceptors (Lipinski definition) is 3. The van der Waals surface area contributed by atoms with Crippen LogP contribution in [-0.2, 0) is 0 Å². The number of para-hydroxylation sites is 1. The topological polar surface area (TPSA) is 50.4 Å². The number of hydrogen-bond donors (Lipinski definition) is 1. The number of carbonyl (C=O) groups is 1. The molecule has 14 heavy (non-hydrogen) atoms. The molecule has 0 aliphatic carbocycles. The van der Waals surface area contributed by atoms with Crippen LogP contribution >= 0.6 is 0 Å². The van der Waals surface area contributed by atoms with Crippen LogP contribution in [0, 0.1) is 6.92 Å². The van der Waals surface area contributed by atoms with Gasteiger partial charge in [0, 0.05) is 17.9 Å². The van der Waals surface area contributed by atoms with Crippen molar-refractivity contribution in [3.05, 3.63) is 29.5 Å². The summed E-state index contributed by atoms with van der Waals surface area (Å²) in [4.78, 5) is 11.2. The molecule has 1 heterocycles. The molecule has 2 aromatic rings. The van der Waals surface area contributed by atoms with Crippen molar-refractivity contribution in [3.63, 3.8) is 0 Å². The number of benzene rings is 1. The van der Waals surface area contributed by atoms with Gasteiger partial charge in [-0.05, 0) is 13.0 Å². The van der Waals surface area contributed by atoms with Gasteiger partial charge in [0.25, 0.3) is 0 Å². The highest BCUT2D eigenvalue weighted by Gasteiger charge is 2.15. The fraction of sp³-hybridized carbons (Fsp3) is 0.182. The Kier molecular flexibility index (Phi) is 1.81. The second-order valence-corrected chi connectivity index (χ2v) is 3.27. The second kappa shape index (κ2) is 2.87. The number of phenols is 1. The smallest absolute Gasteiger partial charge is 0.195 e. The fourth-order valence-electron chi connectivity index (χ4n) is 1.56. The number of furan rings is 1. The molecule has 3 heteroatoms.